The van der Waals surface area contributed by atoms with Crippen LogP contribution in [0.4, 0.5) is 10.5 Å². The fourth-order valence-corrected chi connectivity index (χ4v) is 2.69. The molecule has 0 saturated heterocycles. The highest BCUT2D eigenvalue weighted by molar-refractivity contribution is 5.90. The summed E-state index contributed by atoms with van der Waals surface area (Å²) in [4.78, 5) is 14.4. The number of fused-ring (bicyclic) bond motifs is 1. The van der Waals surface area contributed by atoms with Gasteiger partial charge in [-0.2, -0.15) is 0 Å². The molecule has 1 amide bonds. The number of amides is 1. The van der Waals surface area contributed by atoms with E-state index in [4.69, 9.17) is 4.74 Å². The molecular weight excluding hydrogens is 276 g/mol. The average molecular weight is 304 g/mol. The van der Waals surface area contributed by atoms with E-state index in [1.165, 1.54) is 5.56 Å². The predicted molar refractivity (Wildman–Crippen MR) is 90.3 cm³/mol. The maximum absolute atomic E-state index is 12.6. The van der Waals surface area contributed by atoms with E-state index in [0.717, 1.165) is 37.2 Å². The van der Waals surface area contributed by atoms with E-state index in [1.807, 2.05) is 20.8 Å². The molecule has 0 bridgehead atoms. The van der Waals surface area contributed by atoms with Crippen molar-refractivity contribution < 1.29 is 9.53 Å². The first-order valence-electron chi connectivity index (χ1n) is 8.12. The number of nitrogens with one attached hydrogen (secondary N) is 1. The summed E-state index contributed by atoms with van der Waals surface area (Å²) in [6.07, 6.45) is 1.75. The Kier molecular flexibility index (Phi) is 5.12. The van der Waals surface area contributed by atoms with Gasteiger partial charge >= 0.3 is 6.09 Å². The van der Waals surface area contributed by atoms with Crippen molar-refractivity contribution >= 4 is 11.8 Å². The van der Waals surface area contributed by atoms with Crippen LogP contribution in [-0.4, -0.2) is 24.3 Å². The number of ether oxygens (including phenoxy) is 1. The number of hydrogen-bond acceptors (Lipinski definition) is 3. The summed E-state index contributed by atoms with van der Waals surface area (Å²) in [5.41, 5.74) is 2.97. The molecule has 4 nitrogen and oxygen atoms in total. The van der Waals surface area contributed by atoms with Gasteiger partial charge in [0.25, 0.3) is 0 Å². The zero-order valence-corrected chi connectivity index (χ0v) is 14.4. The Labute approximate surface area is 133 Å². The molecule has 0 radical (unpaired) electrons. The maximum atomic E-state index is 12.6. The molecule has 0 spiro atoms. The highest BCUT2D eigenvalue weighted by Gasteiger charge is 2.28. The fourth-order valence-electron chi connectivity index (χ4n) is 2.69. The Morgan fingerprint density at radius 2 is 2.09 bits per heavy atom. The second-order valence-electron chi connectivity index (χ2n) is 7.20. The minimum Gasteiger partial charge on any atom is -0.443 e. The molecule has 0 atom stereocenters. The molecule has 1 aliphatic rings. The van der Waals surface area contributed by atoms with E-state index in [9.17, 15) is 4.79 Å². The number of rotatable bonds is 3. The van der Waals surface area contributed by atoms with Crippen molar-refractivity contribution in [3.8, 4) is 0 Å². The van der Waals surface area contributed by atoms with Crippen molar-refractivity contribution in [2.24, 2.45) is 0 Å². The number of carbonyl (C=O) groups is 1. The predicted octanol–water partition coefficient (Wildman–Crippen LogP) is 3.87. The van der Waals surface area contributed by atoms with Gasteiger partial charge in [-0.05, 0) is 44.7 Å². The number of para-hydroxylation sites is 1. The van der Waals surface area contributed by atoms with E-state index in [-0.39, 0.29) is 6.09 Å². The number of nitrogens with zero attached hydrogens (tertiary/aromatic N) is 1. The van der Waals surface area contributed by atoms with E-state index in [0.29, 0.717) is 6.04 Å². The topological polar surface area (TPSA) is 41.6 Å². The largest absolute Gasteiger partial charge is 0.443 e. The normalized spacial score (nSPS) is 14.9. The Morgan fingerprint density at radius 1 is 1.36 bits per heavy atom. The Morgan fingerprint density at radius 3 is 2.73 bits per heavy atom. The lowest BCUT2D eigenvalue weighted by Crippen LogP contribution is -2.40. The van der Waals surface area contributed by atoms with Crippen molar-refractivity contribution in [2.45, 2.75) is 65.6 Å². The fraction of sp³-hybridized carbons (Fsp3) is 0.611. The van der Waals surface area contributed by atoms with Crippen LogP contribution >= 0.6 is 0 Å². The van der Waals surface area contributed by atoms with E-state index < -0.39 is 5.60 Å². The molecule has 22 heavy (non-hydrogen) atoms. The molecule has 1 heterocycles. The zero-order chi connectivity index (χ0) is 16.3. The van der Waals surface area contributed by atoms with Gasteiger partial charge < -0.3 is 10.1 Å². The van der Waals surface area contributed by atoms with Gasteiger partial charge in [-0.1, -0.05) is 32.0 Å². The van der Waals surface area contributed by atoms with E-state index in [1.54, 1.807) is 4.90 Å². The molecule has 0 saturated carbocycles. The van der Waals surface area contributed by atoms with Crippen LogP contribution in [0.1, 0.15) is 52.2 Å². The van der Waals surface area contributed by atoms with E-state index in [2.05, 4.69) is 37.4 Å². The van der Waals surface area contributed by atoms with Crippen LogP contribution in [0.25, 0.3) is 0 Å². The minimum atomic E-state index is -0.472. The van der Waals surface area contributed by atoms with Gasteiger partial charge in [0.05, 0.1) is 5.69 Å². The first-order valence-corrected chi connectivity index (χ1v) is 8.12. The first-order chi connectivity index (χ1) is 10.3. The van der Waals surface area contributed by atoms with Gasteiger partial charge in [-0.25, -0.2) is 4.79 Å². The van der Waals surface area contributed by atoms with Crippen LogP contribution in [0.15, 0.2) is 18.2 Å². The summed E-state index contributed by atoms with van der Waals surface area (Å²) in [5.74, 6) is 0. The van der Waals surface area contributed by atoms with Gasteiger partial charge in [0.1, 0.15) is 5.60 Å². The zero-order valence-electron chi connectivity index (χ0n) is 14.4. The third-order valence-electron chi connectivity index (χ3n) is 3.62. The minimum absolute atomic E-state index is 0.245. The lowest BCUT2D eigenvalue weighted by Gasteiger charge is -2.33. The molecule has 1 N–H and O–H groups in total. The summed E-state index contributed by atoms with van der Waals surface area (Å²) in [6, 6.07) is 6.70. The summed E-state index contributed by atoms with van der Waals surface area (Å²) in [5, 5.41) is 3.44. The molecule has 0 fully saturated rings. The van der Waals surface area contributed by atoms with Crippen molar-refractivity contribution in [3.63, 3.8) is 0 Å². The summed E-state index contributed by atoms with van der Waals surface area (Å²) in [6.45, 7) is 11.5. The number of hydrogen-bond donors (Lipinski definition) is 1. The summed E-state index contributed by atoms with van der Waals surface area (Å²) in [7, 11) is 0. The SMILES string of the molecule is CC(C)NCc1cccc2c1N(C(=O)OC(C)(C)C)CCC2. The van der Waals surface area contributed by atoms with Crippen LogP contribution in [-0.2, 0) is 17.7 Å². The molecule has 0 aliphatic carbocycles. The summed E-state index contributed by atoms with van der Waals surface area (Å²) >= 11 is 0. The lowest BCUT2D eigenvalue weighted by molar-refractivity contribution is 0.0577. The maximum Gasteiger partial charge on any atom is 0.414 e. The third-order valence-corrected chi connectivity index (χ3v) is 3.62. The van der Waals surface area contributed by atoms with Crippen LogP contribution in [0.5, 0.6) is 0 Å². The molecule has 1 aromatic rings. The van der Waals surface area contributed by atoms with E-state index >= 15 is 0 Å². The van der Waals surface area contributed by atoms with Crippen LogP contribution in [0, 0.1) is 0 Å². The first kappa shape index (κ1) is 16.8. The summed E-state index contributed by atoms with van der Waals surface area (Å²) < 4.78 is 5.58. The lowest BCUT2D eigenvalue weighted by atomic mass is 9.97. The molecule has 1 aliphatic heterocycles. The second kappa shape index (κ2) is 6.69. The average Bonchev–Trinajstić information content (AvgIpc) is 2.42. The molecular formula is C18H28N2O2. The van der Waals surface area contributed by atoms with Gasteiger partial charge in [0.15, 0.2) is 0 Å². The van der Waals surface area contributed by atoms with Crippen molar-refractivity contribution in [2.75, 3.05) is 11.4 Å². The van der Waals surface area contributed by atoms with Crippen molar-refractivity contribution in [3.05, 3.63) is 29.3 Å². The Hall–Kier alpha value is -1.55. The molecule has 122 valence electrons. The molecule has 0 unspecified atom stereocenters. The second-order valence-corrected chi connectivity index (χ2v) is 7.20. The van der Waals surface area contributed by atoms with Crippen LogP contribution in [0.3, 0.4) is 0 Å². The van der Waals surface area contributed by atoms with Crippen LogP contribution < -0.4 is 10.2 Å². The number of aryl methyl sites for hydroxylation is 1. The third kappa shape index (κ3) is 4.23. The van der Waals surface area contributed by atoms with Crippen molar-refractivity contribution in [1.82, 2.24) is 5.32 Å². The highest BCUT2D eigenvalue weighted by Crippen LogP contribution is 2.32. The number of anilines is 1. The van der Waals surface area contributed by atoms with Crippen LogP contribution in [0.2, 0.25) is 0 Å². The Balaban J connectivity index is 2.29. The highest BCUT2D eigenvalue weighted by atomic mass is 16.6. The standard InChI is InChI=1S/C18H28N2O2/c1-13(2)19-12-15-9-6-8-14-10-7-11-20(16(14)15)17(21)22-18(3,4)5/h6,8-9,13,19H,7,10-12H2,1-5H3. The van der Waals surface area contributed by atoms with Gasteiger partial charge in [-0.15, -0.1) is 0 Å². The molecule has 2 rings (SSSR count). The monoisotopic (exact) mass is 304 g/mol. The van der Waals surface area contributed by atoms with Gasteiger partial charge in [0, 0.05) is 19.1 Å². The van der Waals surface area contributed by atoms with Gasteiger partial charge in [0.2, 0.25) is 0 Å². The smallest absolute Gasteiger partial charge is 0.414 e. The number of benzene rings is 1. The Bertz CT molecular complexity index is 532. The van der Waals surface area contributed by atoms with Gasteiger partial charge in [-0.3, -0.25) is 4.90 Å². The molecule has 0 aromatic heterocycles. The molecule has 1 aromatic carbocycles. The van der Waals surface area contributed by atoms with Crippen molar-refractivity contribution in [1.29, 1.82) is 0 Å². The quantitative estimate of drug-likeness (QED) is 0.921. The molecule has 4 heteroatoms. The number of carbonyl (C=O) groups excluding carboxylic acids is 1.